The minimum absolute atomic E-state index is 0.0528. The highest BCUT2D eigenvalue weighted by Crippen LogP contribution is 2.16. The number of aromatic amines is 1. The fourth-order valence-corrected chi connectivity index (χ4v) is 1.73. The lowest BCUT2D eigenvalue weighted by molar-refractivity contribution is 0.0765. The summed E-state index contributed by atoms with van der Waals surface area (Å²) in [6.07, 6.45) is 0. The minimum Gasteiger partial charge on any atom is -0.378 e. The summed E-state index contributed by atoms with van der Waals surface area (Å²) in [7, 11) is 0. The molecule has 0 saturated carbocycles. The van der Waals surface area contributed by atoms with E-state index in [9.17, 15) is 4.79 Å². The van der Waals surface area contributed by atoms with E-state index in [1.54, 1.807) is 6.07 Å². The number of morpholine rings is 1. The van der Waals surface area contributed by atoms with Crippen molar-refractivity contribution in [2.45, 2.75) is 13.0 Å². The summed E-state index contributed by atoms with van der Waals surface area (Å²) in [5.74, 6) is 0. The molecule has 1 aromatic heterocycles. The Kier molecular flexibility index (Phi) is 2.65. The number of aromatic nitrogens is 1. The number of H-pyrrole nitrogens is 1. The summed E-state index contributed by atoms with van der Waals surface area (Å²) >= 11 is 0. The van der Waals surface area contributed by atoms with Crippen LogP contribution in [0.3, 0.4) is 0 Å². The number of rotatable bonds is 1. The Morgan fingerprint density at radius 1 is 1.50 bits per heavy atom. The summed E-state index contributed by atoms with van der Waals surface area (Å²) in [6.45, 7) is 4.21. The zero-order valence-electron chi connectivity index (χ0n) is 8.17. The number of hydrogen-bond donors (Lipinski definition) is 2. The van der Waals surface area contributed by atoms with Crippen LogP contribution in [-0.2, 0) is 4.74 Å². The van der Waals surface area contributed by atoms with Crippen molar-refractivity contribution in [1.82, 2.24) is 10.3 Å². The van der Waals surface area contributed by atoms with E-state index in [-0.39, 0.29) is 11.6 Å². The molecule has 4 nitrogen and oxygen atoms in total. The molecular weight excluding hydrogens is 180 g/mol. The quantitative estimate of drug-likeness (QED) is 0.678. The van der Waals surface area contributed by atoms with E-state index in [0.717, 1.165) is 24.4 Å². The topological polar surface area (TPSA) is 54.1 Å². The number of pyridine rings is 1. The molecule has 1 aliphatic rings. The largest absolute Gasteiger partial charge is 0.378 e. The monoisotopic (exact) mass is 194 g/mol. The third kappa shape index (κ3) is 1.86. The highest BCUT2D eigenvalue weighted by Gasteiger charge is 2.16. The van der Waals surface area contributed by atoms with Gasteiger partial charge >= 0.3 is 0 Å². The van der Waals surface area contributed by atoms with Gasteiger partial charge in [-0.25, -0.2) is 0 Å². The van der Waals surface area contributed by atoms with Crippen LogP contribution in [0, 0.1) is 6.92 Å². The van der Waals surface area contributed by atoms with Gasteiger partial charge in [0.1, 0.15) is 0 Å². The van der Waals surface area contributed by atoms with Crippen molar-refractivity contribution in [3.05, 3.63) is 33.7 Å². The molecule has 0 aromatic carbocycles. The molecule has 1 atom stereocenters. The van der Waals surface area contributed by atoms with Crippen LogP contribution in [0.1, 0.15) is 17.3 Å². The van der Waals surface area contributed by atoms with Gasteiger partial charge in [0.15, 0.2) is 0 Å². The third-order valence-electron chi connectivity index (χ3n) is 2.46. The van der Waals surface area contributed by atoms with Crippen LogP contribution < -0.4 is 10.9 Å². The molecule has 14 heavy (non-hydrogen) atoms. The molecule has 1 fully saturated rings. The Labute approximate surface area is 82.3 Å². The lowest BCUT2D eigenvalue weighted by atomic mass is 10.1. The van der Waals surface area contributed by atoms with Crippen molar-refractivity contribution in [2.24, 2.45) is 0 Å². The molecule has 4 heteroatoms. The van der Waals surface area contributed by atoms with Crippen LogP contribution >= 0.6 is 0 Å². The van der Waals surface area contributed by atoms with Crippen LogP contribution in [-0.4, -0.2) is 24.7 Å². The first-order chi connectivity index (χ1) is 6.77. The number of nitrogens with one attached hydrogen (secondary N) is 2. The smallest absolute Gasteiger partial charge is 0.248 e. The van der Waals surface area contributed by atoms with E-state index in [1.165, 1.54) is 0 Å². The van der Waals surface area contributed by atoms with Gasteiger partial charge in [-0.05, 0) is 12.5 Å². The van der Waals surface area contributed by atoms with Crippen LogP contribution in [0.4, 0.5) is 0 Å². The Morgan fingerprint density at radius 3 is 3.00 bits per heavy atom. The van der Waals surface area contributed by atoms with Gasteiger partial charge in [-0.3, -0.25) is 4.79 Å². The first kappa shape index (κ1) is 9.43. The lowest BCUT2D eigenvalue weighted by Crippen LogP contribution is -2.35. The van der Waals surface area contributed by atoms with E-state index >= 15 is 0 Å². The van der Waals surface area contributed by atoms with Crippen molar-refractivity contribution in [3.8, 4) is 0 Å². The van der Waals surface area contributed by atoms with Gasteiger partial charge in [0, 0.05) is 18.3 Å². The highest BCUT2D eigenvalue weighted by atomic mass is 16.5. The van der Waals surface area contributed by atoms with Crippen molar-refractivity contribution < 1.29 is 4.74 Å². The molecule has 2 N–H and O–H groups in total. The Hall–Kier alpha value is -1.13. The molecule has 76 valence electrons. The maximum Gasteiger partial charge on any atom is 0.248 e. The van der Waals surface area contributed by atoms with Gasteiger partial charge in [-0.15, -0.1) is 0 Å². The third-order valence-corrected chi connectivity index (χ3v) is 2.46. The predicted molar refractivity (Wildman–Crippen MR) is 53.4 cm³/mol. The Bertz CT molecular complexity index is 367. The molecule has 1 aliphatic heterocycles. The van der Waals surface area contributed by atoms with E-state index in [0.29, 0.717) is 6.61 Å². The normalized spacial score (nSPS) is 22.2. The Balaban J connectivity index is 2.26. The minimum atomic E-state index is -0.0528. The summed E-state index contributed by atoms with van der Waals surface area (Å²) in [4.78, 5) is 13.8. The maximum absolute atomic E-state index is 11.0. The summed E-state index contributed by atoms with van der Waals surface area (Å²) < 4.78 is 5.37. The molecule has 0 bridgehead atoms. The van der Waals surface area contributed by atoms with Gasteiger partial charge in [0.25, 0.3) is 0 Å². The van der Waals surface area contributed by atoms with Crippen LogP contribution in [0.25, 0.3) is 0 Å². The molecule has 2 rings (SSSR count). The van der Waals surface area contributed by atoms with Gasteiger partial charge in [0.05, 0.1) is 19.3 Å². The molecule has 0 radical (unpaired) electrons. The highest BCUT2D eigenvalue weighted by molar-refractivity contribution is 5.22. The van der Waals surface area contributed by atoms with Crippen LogP contribution in [0.2, 0.25) is 0 Å². The van der Waals surface area contributed by atoms with E-state index in [4.69, 9.17) is 4.74 Å². The summed E-state index contributed by atoms with van der Waals surface area (Å²) in [5.41, 5.74) is 1.98. The zero-order chi connectivity index (χ0) is 9.97. The molecule has 2 heterocycles. The predicted octanol–water partition coefficient (Wildman–Crippen LogP) is 0.344. The van der Waals surface area contributed by atoms with E-state index in [1.807, 2.05) is 13.0 Å². The molecule has 0 spiro atoms. The van der Waals surface area contributed by atoms with Gasteiger partial charge in [0.2, 0.25) is 5.56 Å². The van der Waals surface area contributed by atoms with Crippen molar-refractivity contribution in [1.29, 1.82) is 0 Å². The first-order valence-corrected chi connectivity index (χ1v) is 4.78. The number of ether oxygens (including phenoxy) is 1. The second-order valence-corrected chi connectivity index (χ2v) is 3.48. The molecular formula is C10H14N2O2. The fraction of sp³-hybridized carbons (Fsp3) is 0.500. The molecule has 1 aromatic rings. The summed E-state index contributed by atoms with van der Waals surface area (Å²) in [6, 6.07) is 3.62. The first-order valence-electron chi connectivity index (χ1n) is 4.78. The van der Waals surface area contributed by atoms with Crippen LogP contribution in [0.15, 0.2) is 16.9 Å². The average Bonchev–Trinajstić information content (AvgIpc) is 2.19. The zero-order valence-corrected chi connectivity index (χ0v) is 8.17. The SMILES string of the molecule is Cc1[nH]c(=O)ccc1[C@H]1COCCN1. The fourth-order valence-electron chi connectivity index (χ4n) is 1.73. The van der Waals surface area contributed by atoms with Gasteiger partial charge < -0.3 is 15.0 Å². The number of aryl methyl sites for hydroxylation is 1. The molecule has 0 unspecified atom stereocenters. The van der Waals surface area contributed by atoms with E-state index < -0.39 is 0 Å². The standard InChI is InChI=1S/C10H14N2O2/c1-7-8(2-3-10(13)12-7)9-6-14-5-4-11-9/h2-3,9,11H,4-6H2,1H3,(H,12,13)/t9-/m1/s1. The second kappa shape index (κ2) is 3.94. The van der Waals surface area contributed by atoms with Crippen LogP contribution in [0.5, 0.6) is 0 Å². The summed E-state index contributed by atoms with van der Waals surface area (Å²) in [5, 5.41) is 3.35. The maximum atomic E-state index is 11.0. The van der Waals surface area contributed by atoms with Gasteiger partial charge in [-0.2, -0.15) is 0 Å². The molecule has 1 saturated heterocycles. The molecule has 0 aliphatic carbocycles. The van der Waals surface area contributed by atoms with E-state index in [2.05, 4.69) is 10.3 Å². The number of hydrogen-bond acceptors (Lipinski definition) is 3. The van der Waals surface area contributed by atoms with Crippen molar-refractivity contribution in [3.63, 3.8) is 0 Å². The van der Waals surface area contributed by atoms with Gasteiger partial charge in [-0.1, -0.05) is 6.07 Å². The second-order valence-electron chi connectivity index (χ2n) is 3.48. The van der Waals surface area contributed by atoms with Crippen molar-refractivity contribution >= 4 is 0 Å². The lowest BCUT2D eigenvalue weighted by Gasteiger charge is -2.25. The average molecular weight is 194 g/mol. The molecule has 0 amide bonds. The van der Waals surface area contributed by atoms with Crippen molar-refractivity contribution in [2.75, 3.05) is 19.8 Å². The Morgan fingerprint density at radius 2 is 2.36 bits per heavy atom.